The maximum absolute atomic E-state index is 6.06. The first kappa shape index (κ1) is 12.8. The highest BCUT2D eigenvalue weighted by Crippen LogP contribution is 2.26. The van der Waals surface area contributed by atoms with Crippen LogP contribution in [-0.2, 0) is 5.75 Å². The zero-order valence-corrected chi connectivity index (χ0v) is 11.8. The minimum Gasteiger partial charge on any atom is -0.469 e. The fourth-order valence-corrected chi connectivity index (χ4v) is 2.71. The second kappa shape index (κ2) is 5.42. The first-order valence-electron chi connectivity index (χ1n) is 6.17. The standard InChI is InChI=1S/C14H14N4OS/c1-10-12(7-8-19-10)13-16-17-14(18(13)15)20-9-11-5-3-2-4-6-11/h2-8H,9,15H2,1H3. The topological polar surface area (TPSA) is 69.9 Å². The molecule has 0 aliphatic carbocycles. The maximum Gasteiger partial charge on any atom is 0.210 e. The van der Waals surface area contributed by atoms with Crippen molar-refractivity contribution in [2.75, 3.05) is 5.84 Å². The fraction of sp³-hybridized carbons (Fsp3) is 0.143. The molecule has 20 heavy (non-hydrogen) atoms. The van der Waals surface area contributed by atoms with Gasteiger partial charge in [-0.15, -0.1) is 10.2 Å². The Morgan fingerprint density at radius 3 is 2.70 bits per heavy atom. The summed E-state index contributed by atoms with van der Waals surface area (Å²) in [6.45, 7) is 1.88. The SMILES string of the molecule is Cc1occc1-c1nnc(SCc2ccccc2)n1N. The summed E-state index contributed by atoms with van der Waals surface area (Å²) in [6.07, 6.45) is 1.62. The van der Waals surface area contributed by atoms with Gasteiger partial charge >= 0.3 is 0 Å². The molecule has 102 valence electrons. The number of benzene rings is 1. The van der Waals surface area contributed by atoms with Gasteiger partial charge < -0.3 is 10.3 Å². The van der Waals surface area contributed by atoms with Gasteiger partial charge in [-0.05, 0) is 18.6 Å². The van der Waals surface area contributed by atoms with Crippen LogP contribution in [0.3, 0.4) is 0 Å². The summed E-state index contributed by atoms with van der Waals surface area (Å²) in [7, 11) is 0. The van der Waals surface area contributed by atoms with Crippen molar-refractivity contribution in [3.05, 3.63) is 54.0 Å². The highest BCUT2D eigenvalue weighted by atomic mass is 32.2. The van der Waals surface area contributed by atoms with Crippen LogP contribution in [0.5, 0.6) is 0 Å². The number of hydrogen-bond donors (Lipinski definition) is 1. The number of aryl methyl sites for hydroxylation is 1. The molecule has 2 N–H and O–H groups in total. The van der Waals surface area contributed by atoms with E-state index in [1.54, 1.807) is 18.0 Å². The molecule has 3 rings (SSSR count). The Hall–Kier alpha value is -2.21. The number of nitrogens with zero attached hydrogens (tertiary/aromatic N) is 3. The molecule has 0 unspecified atom stereocenters. The van der Waals surface area contributed by atoms with Crippen molar-refractivity contribution in [1.29, 1.82) is 0 Å². The van der Waals surface area contributed by atoms with E-state index in [9.17, 15) is 0 Å². The van der Waals surface area contributed by atoms with Gasteiger partial charge in [-0.1, -0.05) is 42.1 Å². The van der Waals surface area contributed by atoms with E-state index in [4.69, 9.17) is 10.3 Å². The molecular formula is C14H14N4OS. The minimum atomic E-state index is 0.617. The van der Waals surface area contributed by atoms with Crippen LogP contribution in [0.1, 0.15) is 11.3 Å². The van der Waals surface area contributed by atoms with E-state index in [0.717, 1.165) is 17.1 Å². The van der Waals surface area contributed by atoms with Crippen molar-refractivity contribution in [2.45, 2.75) is 17.8 Å². The third-order valence-electron chi connectivity index (χ3n) is 2.98. The molecule has 0 spiro atoms. The quantitative estimate of drug-likeness (QED) is 0.590. The molecule has 1 aromatic carbocycles. The molecule has 5 nitrogen and oxygen atoms in total. The van der Waals surface area contributed by atoms with Crippen LogP contribution in [0.15, 0.2) is 52.2 Å². The zero-order valence-electron chi connectivity index (χ0n) is 11.0. The molecule has 0 amide bonds. The number of rotatable bonds is 4. The third-order valence-corrected chi connectivity index (χ3v) is 3.99. The number of hydrogen-bond acceptors (Lipinski definition) is 5. The van der Waals surface area contributed by atoms with Crippen molar-refractivity contribution in [3.63, 3.8) is 0 Å². The largest absolute Gasteiger partial charge is 0.469 e. The predicted molar refractivity (Wildman–Crippen MR) is 78.6 cm³/mol. The molecule has 0 atom stereocenters. The fourth-order valence-electron chi connectivity index (χ4n) is 1.90. The van der Waals surface area contributed by atoms with E-state index < -0.39 is 0 Å². The van der Waals surface area contributed by atoms with Gasteiger partial charge in [0.25, 0.3) is 0 Å². The van der Waals surface area contributed by atoms with Crippen LogP contribution in [0.4, 0.5) is 0 Å². The lowest BCUT2D eigenvalue weighted by molar-refractivity contribution is 0.535. The predicted octanol–water partition coefficient (Wildman–Crippen LogP) is 2.85. The highest BCUT2D eigenvalue weighted by molar-refractivity contribution is 7.98. The van der Waals surface area contributed by atoms with Gasteiger partial charge in [0.1, 0.15) is 5.76 Å². The van der Waals surface area contributed by atoms with Crippen LogP contribution >= 0.6 is 11.8 Å². The zero-order chi connectivity index (χ0) is 13.9. The smallest absolute Gasteiger partial charge is 0.210 e. The third kappa shape index (κ3) is 2.42. The molecule has 0 saturated carbocycles. The normalized spacial score (nSPS) is 10.8. The van der Waals surface area contributed by atoms with Gasteiger partial charge in [0, 0.05) is 5.75 Å². The summed E-state index contributed by atoms with van der Waals surface area (Å²) >= 11 is 1.56. The van der Waals surface area contributed by atoms with Crippen LogP contribution < -0.4 is 5.84 Å². The van der Waals surface area contributed by atoms with Crippen LogP contribution in [-0.4, -0.2) is 14.9 Å². The Bertz CT molecular complexity index is 705. The average Bonchev–Trinajstić information content (AvgIpc) is 3.04. The summed E-state index contributed by atoms with van der Waals surface area (Å²) in [4.78, 5) is 0. The summed E-state index contributed by atoms with van der Waals surface area (Å²) in [5.41, 5.74) is 2.09. The second-order valence-corrected chi connectivity index (χ2v) is 5.28. The minimum absolute atomic E-state index is 0.617. The average molecular weight is 286 g/mol. The summed E-state index contributed by atoms with van der Waals surface area (Å²) in [6, 6.07) is 12.0. The molecule has 0 saturated heterocycles. The number of nitrogen functional groups attached to an aromatic ring is 1. The molecule has 6 heteroatoms. The van der Waals surface area contributed by atoms with E-state index in [1.807, 2.05) is 31.2 Å². The molecular weight excluding hydrogens is 272 g/mol. The monoisotopic (exact) mass is 286 g/mol. The molecule has 2 aromatic heterocycles. The number of nitrogens with two attached hydrogens (primary N) is 1. The van der Waals surface area contributed by atoms with Gasteiger partial charge in [-0.2, -0.15) is 0 Å². The molecule has 2 heterocycles. The van der Waals surface area contributed by atoms with Crippen LogP contribution in [0.2, 0.25) is 0 Å². The molecule has 3 aromatic rings. The van der Waals surface area contributed by atoms with Crippen molar-refractivity contribution in [1.82, 2.24) is 14.9 Å². The molecule has 0 fully saturated rings. The summed E-state index contributed by atoms with van der Waals surface area (Å²) < 4.78 is 6.77. The Morgan fingerprint density at radius 2 is 2.00 bits per heavy atom. The van der Waals surface area contributed by atoms with E-state index in [-0.39, 0.29) is 0 Å². The number of furan rings is 1. The molecule has 0 aliphatic heterocycles. The maximum atomic E-state index is 6.06. The Labute approximate surface area is 120 Å². The Kier molecular flexibility index (Phi) is 3.47. The van der Waals surface area contributed by atoms with E-state index in [2.05, 4.69) is 22.3 Å². The van der Waals surface area contributed by atoms with Gasteiger partial charge in [0.15, 0.2) is 5.82 Å². The van der Waals surface area contributed by atoms with E-state index in [1.165, 1.54) is 10.2 Å². The van der Waals surface area contributed by atoms with E-state index >= 15 is 0 Å². The number of thioether (sulfide) groups is 1. The summed E-state index contributed by atoms with van der Waals surface area (Å²) in [5, 5.41) is 8.96. The first-order chi connectivity index (χ1) is 9.75. The van der Waals surface area contributed by atoms with E-state index in [0.29, 0.717) is 11.0 Å². The highest BCUT2D eigenvalue weighted by Gasteiger charge is 2.15. The van der Waals surface area contributed by atoms with Crippen molar-refractivity contribution < 1.29 is 4.42 Å². The summed E-state index contributed by atoms with van der Waals surface area (Å²) in [5.74, 6) is 8.26. The number of aromatic nitrogens is 3. The lowest BCUT2D eigenvalue weighted by atomic mass is 10.2. The van der Waals surface area contributed by atoms with Gasteiger partial charge in [-0.25, -0.2) is 4.68 Å². The van der Waals surface area contributed by atoms with Crippen molar-refractivity contribution in [3.8, 4) is 11.4 Å². The van der Waals surface area contributed by atoms with Gasteiger partial charge in [-0.3, -0.25) is 0 Å². The molecule has 0 bridgehead atoms. The van der Waals surface area contributed by atoms with Crippen LogP contribution in [0, 0.1) is 6.92 Å². The lowest BCUT2D eigenvalue weighted by Crippen LogP contribution is -2.11. The van der Waals surface area contributed by atoms with Crippen LogP contribution in [0.25, 0.3) is 11.4 Å². The molecule has 0 aliphatic rings. The van der Waals surface area contributed by atoms with Crippen molar-refractivity contribution in [2.24, 2.45) is 0 Å². The first-order valence-corrected chi connectivity index (χ1v) is 7.16. The Balaban J connectivity index is 1.79. The Morgan fingerprint density at radius 1 is 1.20 bits per heavy atom. The van der Waals surface area contributed by atoms with Gasteiger partial charge in [0.05, 0.1) is 11.8 Å². The lowest BCUT2D eigenvalue weighted by Gasteiger charge is -2.03. The van der Waals surface area contributed by atoms with Crippen molar-refractivity contribution >= 4 is 11.8 Å². The second-order valence-electron chi connectivity index (χ2n) is 4.34. The molecule has 0 radical (unpaired) electrons. The van der Waals surface area contributed by atoms with Gasteiger partial charge in [0.2, 0.25) is 5.16 Å².